The Morgan fingerprint density at radius 1 is 0.862 bits per heavy atom. The molecule has 2 aromatic rings. The van der Waals surface area contributed by atoms with Gasteiger partial charge in [-0.3, -0.25) is 9.59 Å². The number of carbonyl (C=O) groups is 2. The molecule has 1 aliphatic rings. The maximum Gasteiger partial charge on any atom is 0.254 e. The standard InChI is InChI=1S/C21H25N3O4.ClH/c1-14-4-5-16(22)12-19(14)21(26)24-8-6-23(7-9-24)20(25)15-10-17(27-2)13-18(11-15)28-3;/h4-5,10-13H,6-9,22H2,1-3H3;1H. The second kappa shape index (κ2) is 9.52. The first kappa shape index (κ1) is 22.4. The van der Waals surface area contributed by atoms with Crippen molar-refractivity contribution >= 4 is 29.9 Å². The van der Waals surface area contributed by atoms with Crippen molar-refractivity contribution in [2.24, 2.45) is 0 Å². The minimum Gasteiger partial charge on any atom is -0.497 e. The summed E-state index contributed by atoms with van der Waals surface area (Å²) in [6.07, 6.45) is 0. The highest BCUT2D eigenvalue weighted by Crippen LogP contribution is 2.24. The highest BCUT2D eigenvalue weighted by molar-refractivity contribution is 5.97. The first-order valence-corrected chi connectivity index (χ1v) is 9.10. The van der Waals surface area contributed by atoms with Gasteiger partial charge in [-0.25, -0.2) is 0 Å². The maximum atomic E-state index is 12.9. The zero-order valence-electron chi connectivity index (χ0n) is 16.8. The molecule has 2 amide bonds. The van der Waals surface area contributed by atoms with Crippen molar-refractivity contribution in [2.75, 3.05) is 46.1 Å². The van der Waals surface area contributed by atoms with E-state index in [2.05, 4.69) is 0 Å². The molecule has 1 heterocycles. The van der Waals surface area contributed by atoms with E-state index in [9.17, 15) is 9.59 Å². The molecule has 1 aliphatic heterocycles. The zero-order valence-corrected chi connectivity index (χ0v) is 17.6. The third-order valence-electron chi connectivity index (χ3n) is 4.94. The molecule has 0 aromatic heterocycles. The van der Waals surface area contributed by atoms with Crippen LogP contribution in [0.3, 0.4) is 0 Å². The number of benzene rings is 2. The summed E-state index contributed by atoms with van der Waals surface area (Å²) in [6.45, 7) is 3.76. The fraction of sp³-hybridized carbons (Fsp3) is 0.333. The topological polar surface area (TPSA) is 85.1 Å². The number of rotatable bonds is 4. The molecule has 8 heteroatoms. The van der Waals surface area contributed by atoms with E-state index in [1.54, 1.807) is 54.4 Å². The lowest BCUT2D eigenvalue weighted by Crippen LogP contribution is -2.50. The van der Waals surface area contributed by atoms with E-state index in [0.29, 0.717) is 54.5 Å². The van der Waals surface area contributed by atoms with Gasteiger partial charge in [0.2, 0.25) is 0 Å². The Morgan fingerprint density at radius 2 is 1.38 bits per heavy atom. The molecule has 0 aliphatic carbocycles. The molecule has 2 N–H and O–H groups in total. The minimum atomic E-state index is -0.107. The second-order valence-electron chi connectivity index (χ2n) is 6.76. The van der Waals surface area contributed by atoms with Crippen LogP contribution >= 0.6 is 12.4 Å². The van der Waals surface area contributed by atoms with Crippen molar-refractivity contribution in [3.8, 4) is 11.5 Å². The molecule has 29 heavy (non-hydrogen) atoms. The van der Waals surface area contributed by atoms with Crippen molar-refractivity contribution in [3.63, 3.8) is 0 Å². The summed E-state index contributed by atoms with van der Waals surface area (Å²) in [5.41, 5.74) is 8.39. The van der Waals surface area contributed by atoms with Gasteiger partial charge in [-0.05, 0) is 36.8 Å². The van der Waals surface area contributed by atoms with Crippen molar-refractivity contribution in [3.05, 3.63) is 53.1 Å². The summed E-state index contributed by atoms with van der Waals surface area (Å²) in [6, 6.07) is 10.4. The zero-order chi connectivity index (χ0) is 20.3. The normalized spacial score (nSPS) is 13.5. The van der Waals surface area contributed by atoms with Crippen LogP contribution in [0.2, 0.25) is 0 Å². The molecule has 156 valence electrons. The molecule has 7 nitrogen and oxygen atoms in total. The van der Waals surface area contributed by atoms with Gasteiger partial charge in [-0.2, -0.15) is 0 Å². The van der Waals surface area contributed by atoms with Gasteiger partial charge in [0.1, 0.15) is 11.5 Å². The number of methoxy groups -OCH3 is 2. The molecular formula is C21H26ClN3O4. The fourth-order valence-corrected chi connectivity index (χ4v) is 3.27. The van der Waals surface area contributed by atoms with Crippen LogP contribution in [0, 0.1) is 6.92 Å². The molecule has 3 rings (SSSR count). The molecule has 2 aromatic carbocycles. The van der Waals surface area contributed by atoms with E-state index in [0.717, 1.165) is 5.56 Å². The number of ether oxygens (including phenoxy) is 2. The molecule has 1 fully saturated rings. The minimum absolute atomic E-state index is 0. The number of amides is 2. The Morgan fingerprint density at radius 3 is 1.90 bits per heavy atom. The average Bonchev–Trinajstić information content (AvgIpc) is 2.74. The summed E-state index contributed by atoms with van der Waals surface area (Å²) < 4.78 is 10.5. The van der Waals surface area contributed by atoms with Crippen LogP contribution in [-0.4, -0.2) is 62.0 Å². The number of hydrogen-bond acceptors (Lipinski definition) is 5. The van der Waals surface area contributed by atoms with Gasteiger partial charge in [0.05, 0.1) is 14.2 Å². The van der Waals surface area contributed by atoms with Crippen molar-refractivity contribution in [1.82, 2.24) is 9.80 Å². The van der Waals surface area contributed by atoms with Gasteiger partial charge >= 0.3 is 0 Å². The molecule has 0 bridgehead atoms. The summed E-state index contributed by atoms with van der Waals surface area (Å²) in [5.74, 6) is 0.965. The highest BCUT2D eigenvalue weighted by atomic mass is 35.5. The lowest BCUT2D eigenvalue weighted by atomic mass is 10.1. The Kier molecular flexibility index (Phi) is 7.34. The highest BCUT2D eigenvalue weighted by Gasteiger charge is 2.26. The van der Waals surface area contributed by atoms with Gasteiger partial charge in [0.15, 0.2) is 0 Å². The molecule has 0 radical (unpaired) electrons. The molecule has 1 saturated heterocycles. The smallest absolute Gasteiger partial charge is 0.254 e. The Bertz CT molecular complexity index is 873. The quantitative estimate of drug-likeness (QED) is 0.770. The molecule has 0 saturated carbocycles. The van der Waals surface area contributed by atoms with E-state index in [-0.39, 0.29) is 24.2 Å². The molecule has 0 atom stereocenters. The van der Waals surface area contributed by atoms with Gasteiger partial charge in [-0.1, -0.05) is 6.07 Å². The van der Waals surface area contributed by atoms with Gasteiger partial charge in [0.25, 0.3) is 11.8 Å². The number of nitrogens with two attached hydrogens (primary N) is 1. The number of aryl methyl sites for hydroxylation is 1. The second-order valence-corrected chi connectivity index (χ2v) is 6.76. The Balaban J connectivity index is 0.00000300. The van der Waals surface area contributed by atoms with Crippen LogP contribution in [-0.2, 0) is 0 Å². The van der Waals surface area contributed by atoms with Gasteiger partial charge in [0, 0.05) is 49.1 Å². The van der Waals surface area contributed by atoms with Crippen LogP contribution in [0.1, 0.15) is 26.3 Å². The van der Waals surface area contributed by atoms with E-state index >= 15 is 0 Å². The molecule has 0 spiro atoms. The van der Waals surface area contributed by atoms with Crippen molar-refractivity contribution in [1.29, 1.82) is 0 Å². The number of halogens is 1. The van der Waals surface area contributed by atoms with Crippen molar-refractivity contribution < 1.29 is 19.1 Å². The van der Waals surface area contributed by atoms with Crippen LogP contribution in [0.5, 0.6) is 11.5 Å². The number of anilines is 1. The summed E-state index contributed by atoms with van der Waals surface area (Å²) in [7, 11) is 3.09. The van der Waals surface area contributed by atoms with Crippen LogP contribution in [0.4, 0.5) is 5.69 Å². The van der Waals surface area contributed by atoms with Gasteiger partial charge in [-0.15, -0.1) is 12.4 Å². The molecular weight excluding hydrogens is 394 g/mol. The summed E-state index contributed by atoms with van der Waals surface area (Å²) in [4.78, 5) is 29.2. The Labute approximate surface area is 176 Å². The lowest BCUT2D eigenvalue weighted by molar-refractivity contribution is 0.0535. The van der Waals surface area contributed by atoms with E-state index < -0.39 is 0 Å². The number of hydrogen-bond donors (Lipinski definition) is 1. The summed E-state index contributed by atoms with van der Waals surface area (Å²) >= 11 is 0. The number of nitrogens with zero attached hydrogens (tertiary/aromatic N) is 2. The lowest BCUT2D eigenvalue weighted by Gasteiger charge is -2.35. The van der Waals surface area contributed by atoms with Crippen LogP contribution in [0.15, 0.2) is 36.4 Å². The fourth-order valence-electron chi connectivity index (χ4n) is 3.27. The number of piperazine rings is 1. The molecule has 0 unspecified atom stereocenters. The van der Waals surface area contributed by atoms with Crippen LogP contribution in [0.25, 0.3) is 0 Å². The number of nitrogen functional groups attached to an aromatic ring is 1. The summed E-state index contributed by atoms with van der Waals surface area (Å²) in [5, 5.41) is 0. The third kappa shape index (κ3) is 4.92. The first-order valence-electron chi connectivity index (χ1n) is 9.10. The van der Waals surface area contributed by atoms with Crippen LogP contribution < -0.4 is 15.2 Å². The average molecular weight is 420 g/mol. The van der Waals surface area contributed by atoms with Gasteiger partial charge < -0.3 is 25.0 Å². The predicted octanol–water partition coefficient (Wildman–Crippen LogP) is 2.61. The third-order valence-corrected chi connectivity index (χ3v) is 4.94. The number of carbonyl (C=O) groups excluding carboxylic acids is 2. The maximum absolute atomic E-state index is 12.9. The van der Waals surface area contributed by atoms with E-state index in [4.69, 9.17) is 15.2 Å². The first-order chi connectivity index (χ1) is 13.4. The van der Waals surface area contributed by atoms with E-state index in [1.807, 2.05) is 13.0 Å². The van der Waals surface area contributed by atoms with Crippen molar-refractivity contribution in [2.45, 2.75) is 6.92 Å². The SMILES string of the molecule is COc1cc(OC)cc(C(=O)N2CCN(C(=O)c3cc(N)ccc3C)CC2)c1.Cl. The van der Waals surface area contributed by atoms with E-state index in [1.165, 1.54) is 0 Å². The monoisotopic (exact) mass is 419 g/mol. The Hall–Kier alpha value is -2.93. The predicted molar refractivity (Wildman–Crippen MR) is 114 cm³/mol. The largest absolute Gasteiger partial charge is 0.497 e.